The number of amides is 1. The highest BCUT2D eigenvalue weighted by atomic mass is 35.5. The maximum Gasteiger partial charge on any atom is 0.226 e. The van der Waals surface area contributed by atoms with E-state index >= 15 is 0 Å². The first kappa shape index (κ1) is 22.4. The van der Waals surface area contributed by atoms with Gasteiger partial charge in [0.1, 0.15) is 11.6 Å². The molecule has 0 bridgehead atoms. The number of carbonyl (C=O) groups excluding carboxylic acids is 1. The number of carbonyl (C=O) groups is 1. The van der Waals surface area contributed by atoms with Crippen LogP contribution in [0.15, 0.2) is 24.5 Å². The molecule has 1 aromatic heterocycles. The van der Waals surface area contributed by atoms with Gasteiger partial charge in [0, 0.05) is 37.8 Å². The monoisotopic (exact) mass is 402 g/mol. The van der Waals surface area contributed by atoms with Crippen molar-refractivity contribution in [3.8, 4) is 0 Å². The first-order chi connectivity index (χ1) is 11.6. The molecule has 0 aliphatic carbocycles. The van der Waals surface area contributed by atoms with E-state index in [1.165, 1.54) is 0 Å². The van der Waals surface area contributed by atoms with Crippen LogP contribution in [-0.4, -0.2) is 22.0 Å². The lowest BCUT2D eigenvalue weighted by Crippen LogP contribution is -2.25. The maximum absolute atomic E-state index is 14.5. The van der Waals surface area contributed by atoms with Crippen molar-refractivity contribution >= 4 is 36.4 Å². The van der Waals surface area contributed by atoms with Gasteiger partial charge in [-0.2, -0.15) is 0 Å². The summed E-state index contributed by atoms with van der Waals surface area (Å²) in [4.78, 5) is 16.5. The number of benzene rings is 1. The Morgan fingerprint density at radius 1 is 1.38 bits per heavy atom. The first-order valence-electron chi connectivity index (χ1n) is 8.38. The predicted octanol–water partition coefficient (Wildman–Crippen LogP) is 3.66. The highest BCUT2D eigenvalue weighted by Crippen LogP contribution is 2.24. The Balaban J connectivity index is 0.00000169. The fourth-order valence-corrected chi connectivity index (χ4v) is 3.08. The molecule has 5 nitrogen and oxygen atoms in total. The summed E-state index contributed by atoms with van der Waals surface area (Å²) in [5, 5.41) is 5.92. The Morgan fingerprint density at radius 3 is 2.88 bits per heavy atom. The number of imidazole rings is 1. The van der Waals surface area contributed by atoms with Gasteiger partial charge in [0.15, 0.2) is 0 Å². The van der Waals surface area contributed by atoms with Gasteiger partial charge in [-0.1, -0.05) is 19.9 Å². The number of hydrogen-bond donors (Lipinski definition) is 2. The molecule has 0 atom stereocenters. The normalized spacial score (nSPS) is 12.8. The third kappa shape index (κ3) is 4.96. The second kappa shape index (κ2) is 9.90. The molecule has 3 rings (SSSR count). The molecule has 26 heavy (non-hydrogen) atoms. The van der Waals surface area contributed by atoms with Gasteiger partial charge >= 0.3 is 0 Å². The molecule has 1 amide bonds. The lowest BCUT2D eigenvalue weighted by molar-refractivity contribution is -0.116. The van der Waals surface area contributed by atoms with Crippen molar-refractivity contribution in [3.05, 3.63) is 47.3 Å². The molecule has 2 N–H and O–H groups in total. The molecule has 2 heterocycles. The number of nitrogens with one attached hydrogen (secondary N) is 2. The van der Waals surface area contributed by atoms with Crippen LogP contribution in [0.1, 0.15) is 43.1 Å². The summed E-state index contributed by atoms with van der Waals surface area (Å²) in [5.41, 5.74) is 1.95. The summed E-state index contributed by atoms with van der Waals surface area (Å²) < 4.78 is 16.5. The second-order valence-corrected chi connectivity index (χ2v) is 6.42. The molecule has 1 aliphatic heterocycles. The van der Waals surface area contributed by atoms with E-state index in [2.05, 4.69) is 29.5 Å². The van der Waals surface area contributed by atoms with E-state index in [9.17, 15) is 9.18 Å². The molecule has 0 unspecified atom stereocenters. The van der Waals surface area contributed by atoms with Crippen LogP contribution < -0.4 is 10.6 Å². The fourth-order valence-electron chi connectivity index (χ4n) is 3.08. The summed E-state index contributed by atoms with van der Waals surface area (Å²) in [6.07, 6.45) is 4.55. The molecule has 144 valence electrons. The van der Waals surface area contributed by atoms with Crippen molar-refractivity contribution in [2.24, 2.45) is 0 Å². The Labute approximate surface area is 165 Å². The Hall–Kier alpha value is -1.63. The minimum Gasteiger partial charge on any atom is -0.334 e. The van der Waals surface area contributed by atoms with Crippen LogP contribution in [0.5, 0.6) is 0 Å². The molecule has 0 radical (unpaired) electrons. The molecule has 0 spiro atoms. The lowest BCUT2D eigenvalue weighted by atomic mass is 9.99. The Morgan fingerprint density at radius 2 is 2.15 bits per heavy atom. The van der Waals surface area contributed by atoms with Gasteiger partial charge in [0.05, 0.1) is 5.69 Å². The zero-order chi connectivity index (χ0) is 17.1. The van der Waals surface area contributed by atoms with E-state index in [-0.39, 0.29) is 48.6 Å². The number of rotatable bonds is 5. The Bertz CT molecular complexity index is 749. The van der Waals surface area contributed by atoms with Gasteiger partial charge in [-0.3, -0.25) is 4.79 Å². The van der Waals surface area contributed by atoms with Crippen LogP contribution in [0.4, 0.5) is 10.1 Å². The van der Waals surface area contributed by atoms with E-state index in [0.717, 1.165) is 17.9 Å². The molecule has 0 saturated heterocycles. The zero-order valence-electron chi connectivity index (χ0n) is 14.9. The lowest BCUT2D eigenvalue weighted by Gasteiger charge is -2.19. The fraction of sp³-hybridized carbons (Fsp3) is 0.444. The molecule has 0 saturated carbocycles. The highest BCUT2D eigenvalue weighted by molar-refractivity contribution is 5.91. The van der Waals surface area contributed by atoms with Crippen molar-refractivity contribution in [2.75, 3.05) is 11.9 Å². The molecule has 8 heteroatoms. The van der Waals surface area contributed by atoms with Gasteiger partial charge in [0.25, 0.3) is 0 Å². The SMILES string of the molecule is CC(C)c1nccn1CCC(=O)Nc1ccc2c(c1F)CCNC2.Cl.Cl. The van der Waals surface area contributed by atoms with Crippen LogP contribution in [-0.2, 0) is 24.3 Å². The third-order valence-electron chi connectivity index (χ3n) is 4.33. The quantitative estimate of drug-likeness (QED) is 0.801. The van der Waals surface area contributed by atoms with Gasteiger partial charge in [-0.05, 0) is 30.2 Å². The number of halogens is 3. The highest BCUT2D eigenvalue weighted by Gasteiger charge is 2.17. The molecule has 0 fully saturated rings. The van der Waals surface area contributed by atoms with Gasteiger partial charge in [-0.25, -0.2) is 9.37 Å². The summed E-state index contributed by atoms with van der Waals surface area (Å²) in [6, 6.07) is 3.53. The van der Waals surface area contributed by atoms with Gasteiger partial charge in [-0.15, -0.1) is 24.8 Å². The number of hydrogen-bond acceptors (Lipinski definition) is 3. The number of aromatic nitrogens is 2. The van der Waals surface area contributed by atoms with Gasteiger partial charge < -0.3 is 15.2 Å². The van der Waals surface area contributed by atoms with Crippen molar-refractivity contribution in [1.82, 2.24) is 14.9 Å². The summed E-state index contributed by atoms with van der Waals surface area (Å²) in [6.45, 7) is 6.11. The van der Waals surface area contributed by atoms with Crippen LogP contribution in [0.2, 0.25) is 0 Å². The number of aryl methyl sites for hydroxylation is 1. The van der Waals surface area contributed by atoms with E-state index in [0.29, 0.717) is 31.0 Å². The van der Waals surface area contributed by atoms with E-state index in [1.807, 2.05) is 16.8 Å². The maximum atomic E-state index is 14.5. The smallest absolute Gasteiger partial charge is 0.226 e. The predicted molar refractivity (Wildman–Crippen MR) is 106 cm³/mol. The number of nitrogens with zero attached hydrogens (tertiary/aromatic N) is 2. The first-order valence-corrected chi connectivity index (χ1v) is 8.38. The molecule has 1 aromatic carbocycles. The molecular weight excluding hydrogens is 378 g/mol. The Kier molecular flexibility index (Phi) is 8.53. The average molecular weight is 403 g/mol. The van der Waals surface area contributed by atoms with Crippen molar-refractivity contribution < 1.29 is 9.18 Å². The van der Waals surface area contributed by atoms with E-state index in [1.54, 1.807) is 12.3 Å². The average Bonchev–Trinajstić information content (AvgIpc) is 3.05. The summed E-state index contributed by atoms with van der Waals surface area (Å²) in [7, 11) is 0. The van der Waals surface area contributed by atoms with E-state index in [4.69, 9.17) is 0 Å². The summed E-state index contributed by atoms with van der Waals surface area (Å²) >= 11 is 0. The number of anilines is 1. The number of fused-ring (bicyclic) bond motifs is 1. The minimum absolute atomic E-state index is 0. The van der Waals surface area contributed by atoms with Crippen LogP contribution in [0, 0.1) is 5.82 Å². The van der Waals surface area contributed by atoms with Crippen LogP contribution in [0.3, 0.4) is 0 Å². The van der Waals surface area contributed by atoms with Crippen molar-refractivity contribution in [1.29, 1.82) is 0 Å². The van der Waals surface area contributed by atoms with E-state index < -0.39 is 0 Å². The van der Waals surface area contributed by atoms with Crippen molar-refractivity contribution in [2.45, 2.75) is 45.7 Å². The standard InChI is InChI=1S/C18H23FN4O.2ClH/c1-12(2)18-21-8-10-23(18)9-6-16(24)22-15-4-3-13-11-20-7-5-14(13)17(15)19;;/h3-4,8,10,12,20H,5-7,9,11H2,1-2H3,(H,22,24);2*1H. The van der Waals surface area contributed by atoms with Gasteiger partial charge in [0.2, 0.25) is 5.91 Å². The van der Waals surface area contributed by atoms with Crippen molar-refractivity contribution in [3.63, 3.8) is 0 Å². The summed E-state index contributed by atoms with van der Waals surface area (Å²) in [5.74, 6) is 0.768. The molecule has 1 aliphatic rings. The third-order valence-corrected chi connectivity index (χ3v) is 4.33. The molecular formula is C18H25Cl2FN4O. The minimum atomic E-state index is -0.298. The second-order valence-electron chi connectivity index (χ2n) is 6.42. The topological polar surface area (TPSA) is 59.0 Å². The largest absolute Gasteiger partial charge is 0.334 e. The van der Waals surface area contributed by atoms with Crippen LogP contribution in [0.25, 0.3) is 0 Å². The van der Waals surface area contributed by atoms with Crippen LogP contribution >= 0.6 is 24.8 Å². The molecule has 2 aromatic rings. The zero-order valence-corrected chi connectivity index (χ0v) is 16.6.